The third kappa shape index (κ3) is 4.55. The molecule has 3 aromatic carbocycles. The van der Waals surface area contributed by atoms with Crippen LogP contribution in [-0.2, 0) is 5.75 Å². The number of aromatic amines is 1. The molecule has 5 nitrogen and oxygen atoms in total. The number of aromatic nitrogens is 2. The average Bonchev–Trinajstić information content (AvgIpc) is 3.08. The van der Waals surface area contributed by atoms with E-state index in [0.717, 1.165) is 16.3 Å². The van der Waals surface area contributed by atoms with Gasteiger partial charge in [-0.1, -0.05) is 54.1 Å². The van der Waals surface area contributed by atoms with Crippen molar-refractivity contribution in [1.82, 2.24) is 9.78 Å². The number of para-hydroxylation sites is 1. The van der Waals surface area contributed by atoms with Crippen molar-refractivity contribution in [1.29, 1.82) is 0 Å². The van der Waals surface area contributed by atoms with Crippen molar-refractivity contribution in [3.05, 3.63) is 107 Å². The van der Waals surface area contributed by atoms with Gasteiger partial charge in [0.25, 0.3) is 5.56 Å². The lowest BCUT2D eigenvalue weighted by Gasteiger charge is -2.02. The molecule has 0 radical (unpaired) electrons. The summed E-state index contributed by atoms with van der Waals surface area (Å²) in [5.74, 6) is 0.585. The van der Waals surface area contributed by atoms with Crippen molar-refractivity contribution in [2.24, 2.45) is 10.2 Å². The highest BCUT2D eigenvalue weighted by Crippen LogP contribution is 2.27. The maximum absolute atomic E-state index is 13.0. The van der Waals surface area contributed by atoms with E-state index in [2.05, 4.69) is 46.5 Å². The largest absolute Gasteiger partial charge is 0.299 e. The molecular weight excluding hydrogens is 380 g/mol. The molecule has 29 heavy (non-hydrogen) atoms. The third-order valence-corrected chi connectivity index (χ3v) is 5.42. The lowest BCUT2D eigenvalue weighted by atomic mass is 10.2. The molecule has 0 aliphatic rings. The number of azo groups is 1. The second kappa shape index (κ2) is 8.75. The molecule has 1 aromatic heterocycles. The van der Waals surface area contributed by atoms with Crippen molar-refractivity contribution in [3.8, 4) is 5.69 Å². The van der Waals surface area contributed by atoms with Gasteiger partial charge in [-0.3, -0.25) is 9.89 Å². The first-order valence-corrected chi connectivity index (χ1v) is 10.2. The quantitative estimate of drug-likeness (QED) is 0.310. The zero-order valence-electron chi connectivity index (χ0n) is 15.9. The molecule has 4 aromatic rings. The fourth-order valence-corrected chi connectivity index (χ4v) is 3.67. The Labute approximate surface area is 173 Å². The van der Waals surface area contributed by atoms with Crippen LogP contribution >= 0.6 is 11.8 Å². The van der Waals surface area contributed by atoms with Crippen LogP contribution in [0.2, 0.25) is 0 Å². The molecule has 0 atom stereocenters. The van der Waals surface area contributed by atoms with Gasteiger partial charge in [0.05, 0.1) is 17.1 Å². The van der Waals surface area contributed by atoms with Crippen LogP contribution in [0.4, 0.5) is 11.4 Å². The Kier molecular flexibility index (Phi) is 5.72. The molecule has 0 unspecified atom stereocenters. The minimum Gasteiger partial charge on any atom is -0.292 e. The minimum absolute atomic E-state index is 0.213. The Hall–Kier alpha value is -3.38. The van der Waals surface area contributed by atoms with Crippen LogP contribution in [0.3, 0.4) is 0 Å². The monoisotopic (exact) mass is 400 g/mol. The SMILES string of the molecule is Cc1ccc(SCc2[nH]n(-c3ccccc3)c(=O)c2N=Nc2ccccc2)cc1. The van der Waals surface area contributed by atoms with Gasteiger partial charge in [0.15, 0.2) is 5.69 Å². The van der Waals surface area contributed by atoms with Crippen molar-refractivity contribution >= 4 is 23.1 Å². The topological polar surface area (TPSA) is 62.5 Å². The number of aryl methyl sites for hydroxylation is 1. The Morgan fingerprint density at radius 3 is 2.21 bits per heavy atom. The molecular formula is C23H20N4OS. The summed E-state index contributed by atoms with van der Waals surface area (Å²) in [6, 6.07) is 27.2. The Morgan fingerprint density at radius 1 is 0.862 bits per heavy atom. The van der Waals surface area contributed by atoms with Gasteiger partial charge in [-0.15, -0.1) is 16.9 Å². The van der Waals surface area contributed by atoms with Crippen LogP contribution < -0.4 is 5.56 Å². The van der Waals surface area contributed by atoms with E-state index in [1.165, 1.54) is 10.2 Å². The number of thioether (sulfide) groups is 1. The molecule has 0 aliphatic carbocycles. The average molecular weight is 401 g/mol. The van der Waals surface area contributed by atoms with Crippen LogP contribution in [0.25, 0.3) is 5.69 Å². The molecule has 0 saturated carbocycles. The Morgan fingerprint density at radius 2 is 1.52 bits per heavy atom. The number of H-pyrrole nitrogens is 1. The van der Waals surface area contributed by atoms with E-state index in [0.29, 0.717) is 17.1 Å². The smallest absolute Gasteiger partial charge is 0.292 e. The van der Waals surface area contributed by atoms with E-state index < -0.39 is 0 Å². The van der Waals surface area contributed by atoms with Crippen LogP contribution in [0.1, 0.15) is 11.3 Å². The maximum Gasteiger partial charge on any atom is 0.299 e. The van der Waals surface area contributed by atoms with E-state index in [4.69, 9.17) is 0 Å². The number of rotatable bonds is 6. The van der Waals surface area contributed by atoms with Crippen LogP contribution in [0.5, 0.6) is 0 Å². The van der Waals surface area contributed by atoms with Gasteiger partial charge in [-0.25, -0.2) is 4.68 Å². The van der Waals surface area contributed by atoms with Crippen molar-refractivity contribution < 1.29 is 0 Å². The van der Waals surface area contributed by atoms with E-state index in [9.17, 15) is 4.79 Å². The van der Waals surface area contributed by atoms with Crippen molar-refractivity contribution in [3.63, 3.8) is 0 Å². The first kappa shape index (κ1) is 19.0. The van der Waals surface area contributed by atoms with Crippen molar-refractivity contribution in [2.75, 3.05) is 0 Å². The van der Waals surface area contributed by atoms with Gasteiger partial charge in [0.2, 0.25) is 0 Å². The van der Waals surface area contributed by atoms with Crippen LogP contribution in [-0.4, -0.2) is 9.78 Å². The number of benzene rings is 3. The fraction of sp³-hybridized carbons (Fsp3) is 0.0870. The normalized spacial score (nSPS) is 11.2. The predicted octanol–water partition coefficient (Wildman–Crippen LogP) is 6.18. The van der Waals surface area contributed by atoms with Crippen molar-refractivity contribution in [2.45, 2.75) is 17.6 Å². The number of hydrogen-bond acceptors (Lipinski definition) is 4. The van der Waals surface area contributed by atoms with Gasteiger partial charge >= 0.3 is 0 Å². The number of nitrogens with zero attached hydrogens (tertiary/aromatic N) is 3. The summed E-state index contributed by atoms with van der Waals surface area (Å²) in [7, 11) is 0. The highest BCUT2D eigenvalue weighted by Gasteiger charge is 2.15. The lowest BCUT2D eigenvalue weighted by Crippen LogP contribution is -2.13. The van der Waals surface area contributed by atoms with Gasteiger partial charge in [-0.2, -0.15) is 5.11 Å². The zero-order valence-corrected chi connectivity index (χ0v) is 16.8. The van der Waals surface area contributed by atoms with E-state index in [1.807, 2.05) is 60.7 Å². The Balaban J connectivity index is 1.68. The predicted molar refractivity (Wildman–Crippen MR) is 118 cm³/mol. The highest BCUT2D eigenvalue weighted by molar-refractivity contribution is 7.98. The molecule has 0 bridgehead atoms. The highest BCUT2D eigenvalue weighted by atomic mass is 32.2. The molecule has 0 saturated heterocycles. The maximum atomic E-state index is 13.0. The van der Waals surface area contributed by atoms with Crippen LogP contribution in [0, 0.1) is 6.92 Å². The summed E-state index contributed by atoms with van der Waals surface area (Å²) >= 11 is 1.65. The fourth-order valence-electron chi connectivity index (χ4n) is 2.83. The summed E-state index contributed by atoms with van der Waals surface area (Å²) in [6.07, 6.45) is 0. The molecule has 0 aliphatic heterocycles. The summed E-state index contributed by atoms with van der Waals surface area (Å²) in [6.45, 7) is 2.06. The molecule has 0 amide bonds. The summed E-state index contributed by atoms with van der Waals surface area (Å²) in [5, 5.41) is 11.8. The summed E-state index contributed by atoms with van der Waals surface area (Å²) in [5.41, 5.74) is 3.55. The van der Waals surface area contributed by atoms with Gasteiger partial charge in [-0.05, 0) is 43.3 Å². The molecule has 0 spiro atoms. The second-order valence-electron chi connectivity index (χ2n) is 6.55. The summed E-state index contributed by atoms with van der Waals surface area (Å²) in [4.78, 5) is 14.2. The molecule has 6 heteroatoms. The van der Waals surface area contributed by atoms with E-state index >= 15 is 0 Å². The van der Waals surface area contributed by atoms with E-state index in [-0.39, 0.29) is 5.56 Å². The number of nitrogens with one attached hydrogen (secondary N) is 1. The van der Waals surface area contributed by atoms with E-state index in [1.54, 1.807) is 11.8 Å². The molecule has 0 fully saturated rings. The first-order chi connectivity index (χ1) is 14.2. The first-order valence-electron chi connectivity index (χ1n) is 9.26. The van der Waals surface area contributed by atoms with Crippen LogP contribution in [0.15, 0.2) is 105 Å². The standard InChI is InChI=1S/C23H20N4OS/c1-17-12-14-20(15-13-17)29-16-21-22(25-24-18-8-4-2-5-9-18)23(28)27(26-21)19-10-6-3-7-11-19/h2-15,26H,16H2,1H3. The molecule has 4 rings (SSSR count). The minimum atomic E-state index is -0.213. The molecule has 1 N–H and O–H groups in total. The summed E-state index contributed by atoms with van der Waals surface area (Å²) < 4.78 is 1.52. The second-order valence-corrected chi connectivity index (χ2v) is 7.60. The lowest BCUT2D eigenvalue weighted by molar-refractivity contribution is 0.833. The zero-order chi connectivity index (χ0) is 20.1. The van der Waals surface area contributed by atoms with Gasteiger partial charge < -0.3 is 0 Å². The molecule has 1 heterocycles. The third-order valence-electron chi connectivity index (χ3n) is 4.38. The van der Waals surface area contributed by atoms with Gasteiger partial charge in [0, 0.05) is 10.6 Å². The molecule has 144 valence electrons. The van der Waals surface area contributed by atoms with Gasteiger partial charge in [0.1, 0.15) is 0 Å². The number of hydrogen-bond donors (Lipinski definition) is 1. The Bertz CT molecular complexity index is 1160.